The molecule has 35 heavy (non-hydrogen) atoms. The predicted molar refractivity (Wildman–Crippen MR) is 136 cm³/mol. The number of benzene rings is 3. The van der Waals surface area contributed by atoms with Crippen molar-refractivity contribution >= 4 is 27.6 Å². The third-order valence-electron chi connectivity index (χ3n) is 5.47. The number of hydrogen-bond acceptors (Lipinski definition) is 5. The number of hydrogen-bond donors (Lipinski definition) is 1. The number of esters is 1. The van der Waals surface area contributed by atoms with E-state index in [4.69, 9.17) is 4.74 Å². The van der Waals surface area contributed by atoms with Crippen molar-refractivity contribution in [3.8, 4) is 0 Å². The number of anilines is 1. The normalized spacial score (nSPS) is 12.3. The van der Waals surface area contributed by atoms with Gasteiger partial charge in [-0.2, -0.15) is 4.31 Å². The van der Waals surface area contributed by atoms with Gasteiger partial charge in [0.25, 0.3) is 5.91 Å². The van der Waals surface area contributed by atoms with Crippen molar-refractivity contribution in [2.75, 3.05) is 18.4 Å². The topological polar surface area (TPSA) is 92.8 Å². The molecule has 1 atom stereocenters. The van der Waals surface area contributed by atoms with E-state index in [1.54, 1.807) is 44.2 Å². The van der Waals surface area contributed by atoms with Crippen LogP contribution in [0.5, 0.6) is 0 Å². The molecule has 3 rings (SSSR count). The van der Waals surface area contributed by atoms with Gasteiger partial charge in [-0.05, 0) is 55.3 Å². The molecule has 3 aromatic rings. The van der Waals surface area contributed by atoms with Gasteiger partial charge in [-0.1, -0.05) is 56.3 Å². The predicted octanol–water partition coefficient (Wildman–Crippen LogP) is 4.87. The highest BCUT2D eigenvalue weighted by Gasteiger charge is 2.27. The Hall–Kier alpha value is -3.49. The minimum absolute atomic E-state index is 0.00778. The van der Waals surface area contributed by atoms with Crippen LogP contribution in [0.15, 0.2) is 77.7 Å². The minimum atomic E-state index is -3.76. The highest BCUT2D eigenvalue weighted by molar-refractivity contribution is 7.89. The lowest BCUT2D eigenvalue weighted by Gasteiger charge is -2.20. The maximum Gasteiger partial charge on any atom is 0.339 e. The van der Waals surface area contributed by atoms with Gasteiger partial charge in [0.1, 0.15) is 0 Å². The van der Waals surface area contributed by atoms with E-state index in [1.165, 1.54) is 28.6 Å². The molecule has 7 nitrogen and oxygen atoms in total. The first-order chi connectivity index (χ1) is 16.6. The smallest absolute Gasteiger partial charge is 0.339 e. The monoisotopic (exact) mass is 494 g/mol. The summed E-state index contributed by atoms with van der Waals surface area (Å²) in [7, 11) is -3.76. The van der Waals surface area contributed by atoms with Gasteiger partial charge in [0, 0.05) is 24.3 Å². The molecule has 0 saturated heterocycles. The molecule has 0 aromatic heterocycles. The summed E-state index contributed by atoms with van der Waals surface area (Å²) in [4.78, 5) is 26.3. The zero-order chi connectivity index (χ0) is 25.6. The number of sulfonamides is 1. The molecular formula is C27H30N2O5S. The second kappa shape index (κ2) is 11.3. The molecule has 0 aliphatic rings. The van der Waals surface area contributed by atoms with Gasteiger partial charge >= 0.3 is 5.97 Å². The summed E-state index contributed by atoms with van der Waals surface area (Å²) in [5.41, 5.74) is 3.10. The Morgan fingerprint density at radius 2 is 1.51 bits per heavy atom. The third-order valence-corrected chi connectivity index (χ3v) is 7.51. The van der Waals surface area contributed by atoms with Crippen molar-refractivity contribution in [3.05, 3.63) is 95.1 Å². The molecule has 8 heteroatoms. The van der Waals surface area contributed by atoms with E-state index in [2.05, 4.69) is 5.32 Å². The quantitative estimate of drug-likeness (QED) is 0.429. The molecule has 0 saturated carbocycles. The first-order valence-corrected chi connectivity index (χ1v) is 12.8. The maximum absolute atomic E-state index is 13.2. The van der Waals surface area contributed by atoms with Crippen molar-refractivity contribution in [3.63, 3.8) is 0 Å². The zero-order valence-corrected chi connectivity index (χ0v) is 21.1. The van der Waals surface area contributed by atoms with Gasteiger partial charge in [0.2, 0.25) is 16.1 Å². The Bertz CT molecular complexity index is 1280. The molecule has 0 aliphatic heterocycles. The molecule has 3 aromatic carbocycles. The number of nitrogens with one attached hydrogen (secondary N) is 1. The molecule has 1 N–H and O–H groups in total. The van der Waals surface area contributed by atoms with Crippen LogP contribution in [0.4, 0.5) is 5.69 Å². The highest BCUT2D eigenvalue weighted by Crippen LogP contribution is 2.24. The van der Waals surface area contributed by atoms with E-state index in [-0.39, 0.29) is 10.5 Å². The minimum Gasteiger partial charge on any atom is -0.444 e. The molecule has 184 valence electrons. The Kier molecular flexibility index (Phi) is 8.43. The summed E-state index contributed by atoms with van der Waals surface area (Å²) < 4.78 is 32.7. The maximum atomic E-state index is 13.2. The number of ether oxygens (including phenoxy) is 1. The highest BCUT2D eigenvalue weighted by atomic mass is 32.2. The third kappa shape index (κ3) is 6.35. The van der Waals surface area contributed by atoms with E-state index in [0.29, 0.717) is 24.3 Å². The fraction of sp³-hybridized carbons (Fsp3) is 0.259. The van der Waals surface area contributed by atoms with Crippen LogP contribution in [0.1, 0.15) is 47.0 Å². The van der Waals surface area contributed by atoms with Crippen molar-refractivity contribution in [2.24, 2.45) is 0 Å². The average molecular weight is 495 g/mol. The molecule has 0 aliphatic carbocycles. The van der Waals surface area contributed by atoms with Gasteiger partial charge in [-0.3, -0.25) is 4.79 Å². The number of aryl methyl sites for hydroxylation is 2. The van der Waals surface area contributed by atoms with Crippen molar-refractivity contribution in [1.29, 1.82) is 0 Å². The van der Waals surface area contributed by atoms with Crippen LogP contribution in [0.2, 0.25) is 0 Å². The van der Waals surface area contributed by atoms with E-state index < -0.39 is 28.0 Å². The molecular weight excluding hydrogens is 464 g/mol. The van der Waals surface area contributed by atoms with Crippen LogP contribution in [0, 0.1) is 13.8 Å². The standard InChI is InChI=1S/C27H30N2O5S/c1-5-29(6-2)35(32,33)24-14-10-13-22(18-24)27(31)34-25(21-11-8-7-9-12-21)26(30)28-23-16-19(3)15-20(4)17-23/h7-18,25H,5-6H2,1-4H3,(H,28,30)/t25-/m1/s1. The van der Waals surface area contributed by atoms with Gasteiger partial charge in [-0.15, -0.1) is 0 Å². The first kappa shape index (κ1) is 26.1. The number of carbonyl (C=O) groups excluding carboxylic acids is 2. The fourth-order valence-electron chi connectivity index (χ4n) is 3.83. The largest absolute Gasteiger partial charge is 0.444 e. The van der Waals surface area contributed by atoms with Crippen molar-refractivity contribution < 1.29 is 22.7 Å². The summed E-state index contributed by atoms with van der Waals surface area (Å²) in [5.74, 6) is -1.31. The molecule has 0 heterocycles. The summed E-state index contributed by atoms with van der Waals surface area (Å²) in [6.45, 7) is 7.97. The molecule has 0 unspecified atom stereocenters. The number of rotatable bonds is 9. The Morgan fingerprint density at radius 3 is 2.11 bits per heavy atom. The van der Waals surface area contributed by atoms with Crippen LogP contribution in [-0.4, -0.2) is 37.7 Å². The number of amides is 1. The van der Waals surface area contributed by atoms with Crippen LogP contribution in [0.3, 0.4) is 0 Å². The summed E-state index contributed by atoms with van der Waals surface area (Å²) >= 11 is 0. The first-order valence-electron chi connectivity index (χ1n) is 11.4. The van der Waals surface area contributed by atoms with Crippen LogP contribution in [-0.2, 0) is 19.6 Å². The van der Waals surface area contributed by atoms with Gasteiger partial charge < -0.3 is 10.1 Å². The lowest BCUT2D eigenvalue weighted by molar-refractivity contribution is -0.125. The van der Waals surface area contributed by atoms with Crippen LogP contribution >= 0.6 is 0 Å². The second-order valence-electron chi connectivity index (χ2n) is 8.18. The fourth-order valence-corrected chi connectivity index (χ4v) is 5.33. The zero-order valence-electron chi connectivity index (χ0n) is 20.3. The second-order valence-corrected chi connectivity index (χ2v) is 10.1. The van der Waals surface area contributed by atoms with E-state index in [1.807, 2.05) is 32.0 Å². The Labute approximate surface area is 206 Å². The van der Waals surface area contributed by atoms with Crippen LogP contribution in [0.25, 0.3) is 0 Å². The van der Waals surface area contributed by atoms with Crippen LogP contribution < -0.4 is 5.32 Å². The van der Waals surface area contributed by atoms with Gasteiger partial charge in [-0.25, -0.2) is 13.2 Å². The Balaban J connectivity index is 1.90. The molecule has 1 amide bonds. The lowest BCUT2D eigenvalue weighted by Crippen LogP contribution is -2.30. The van der Waals surface area contributed by atoms with Crippen molar-refractivity contribution in [1.82, 2.24) is 4.31 Å². The molecule has 0 fully saturated rings. The van der Waals surface area contributed by atoms with E-state index in [0.717, 1.165) is 11.1 Å². The SMILES string of the molecule is CCN(CC)S(=O)(=O)c1cccc(C(=O)O[C@@H](C(=O)Nc2cc(C)cc(C)c2)c2ccccc2)c1. The summed E-state index contributed by atoms with van der Waals surface area (Å²) in [5, 5.41) is 2.83. The molecule has 0 spiro atoms. The average Bonchev–Trinajstić information content (AvgIpc) is 2.83. The van der Waals surface area contributed by atoms with Crippen molar-refractivity contribution in [2.45, 2.75) is 38.7 Å². The number of nitrogens with zero attached hydrogens (tertiary/aromatic N) is 1. The van der Waals surface area contributed by atoms with E-state index >= 15 is 0 Å². The number of carbonyl (C=O) groups is 2. The lowest BCUT2D eigenvalue weighted by atomic mass is 10.1. The summed E-state index contributed by atoms with van der Waals surface area (Å²) in [6.07, 6.45) is -1.23. The Morgan fingerprint density at radius 1 is 0.886 bits per heavy atom. The van der Waals surface area contributed by atoms with E-state index in [9.17, 15) is 18.0 Å². The van der Waals surface area contributed by atoms with Gasteiger partial charge in [0.15, 0.2) is 0 Å². The molecule has 0 bridgehead atoms. The summed E-state index contributed by atoms with van der Waals surface area (Å²) in [6, 6.07) is 20.0. The van der Waals surface area contributed by atoms with Gasteiger partial charge in [0.05, 0.1) is 10.5 Å². The molecule has 0 radical (unpaired) electrons.